The molecule has 0 saturated carbocycles. The SMILES string of the molecule is COc1cc(CCC(=O)Nc2nccn(C)c2=O)cc(OC)c1OC. The van der Waals surface area contributed by atoms with Crippen LogP contribution in [-0.2, 0) is 18.3 Å². The number of hydrogen-bond acceptors (Lipinski definition) is 6. The molecule has 1 amide bonds. The van der Waals surface area contributed by atoms with Gasteiger partial charge in [-0.25, -0.2) is 4.98 Å². The van der Waals surface area contributed by atoms with E-state index in [1.807, 2.05) is 0 Å². The number of amides is 1. The number of rotatable bonds is 7. The van der Waals surface area contributed by atoms with E-state index in [0.717, 1.165) is 5.56 Å². The Labute approximate surface area is 145 Å². The zero-order chi connectivity index (χ0) is 18.4. The van der Waals surface area contributed by atoms with Gasteiger partial charge in [0.15, 0.2) is 17.3 Å². The minimum absolute atomic E-state index is 0.0138. The van der Waals surface area contributed by atoms with Crippen molar-refractivity contribution >= 4 is 11.7 Å². The molecular formula is C17H21N3O5. The third-order valence-corrected chi connectivity index (χ3v) is 3.64. The smallest absolute Gasteiger partial charge is 0.293 e. The lowest BCUT2D eigenvalue weighted by atomic mass is 10.1. The summed E-state index contributed by atoms with van der Waals surface area (Å²) in [5.41, 5.74) is 0.488. The van der Waals surface area contributed by atoms with E-state index < -0.39 is 0 Å². The first-order valence-electron chi connectivity index (χ1n) is 7.60. The third-order valence-electron chi connectivity index (χ3n) is 3.64. The molecule has 0 spiro atoms. The summed E-state index contributed by atoms with van der Waals surface area (Å²) in [6.45, 7) is 0. The van der Waals surface area contributed by atoms with Crippen molar-refractivity contribution in [2.24, 2.45) is 7.05 Å². The van der Waals surface area contributed by atoms with Crippen molar-refractivity contribution in [1.29, 1.82) is 0 Å². The molecule has 0 radical (unpaired) electrons. The Bertz CT molecular complexity index is 791. The van der Waals surface area contributed by atoms with Crippen LogP contribution in [0.1, 0.15) is 12.0 Å². The summed E-state index contributed by atoms with van der Waals surface area (Å²) in [5, 5.41) is 2.53. The van der Waals surface area contributed by atoms with E-state index in [4.69, 9.17) is 14.2 Å². The maximum absolute atomic E-state index is 12.1. The molecule has 1 N–H and O–H groups in total. The molecular weight excluding hydrogens is 326 g/mol. The Morgan fingerprint density at radius 2 is 1.80 bits per heavy atom. The molecule has 0 bridgehead atoms. The van der Waals surface area contributed by atoms with Gasteiger partial charge in [-0.05, 0) is 24.1 Å². The average Bonchev–Trinajstić information content (AvgIpc) is 2.62. The van der Waals surface area contributed by atoms with Gasteiger partial charge in [0.2, 0.25) is 11.7 Å². The number of methoxy groups -OCH3 is 3. The van der Waals surface area contributed by atoms with E-state index in [1.54, 1.807) is 19.2 Å². The van der Waals surface area contributed by atoms with Crippen LogP contribution >= 0.6 is 0 Å². The van der Waals surface area contributed by atoms with Crippen LogP contribution in [0.4, 0.5) is 5.82 Å². The number of aryl methyl sites for hydroxylation is 2. The van der Waals surface area contributed by atoms with Crippen LogP contribution in [0.15, 0.2) is 29.3 Å². The standard InChI is InChI=1S/C17H21N3O5/c1-20-8-7-18-16(17(20)22)19-14(21)6-5-11-9-12(23-2)15(25-4)13(10-11)24-3/h7-10H,5-6H2,1-4H3,(H,18,19,21). The van der Waals surface area contributed by atoms with Crippen LogP contribution < -0.4 is 25.1 Å². The number of anilines is 1. The maximum atomic E-state index is 12.1. The molecule has 0 aliphatic rings. The van der Waals surface area contributed by atoms with Crippen LogP contribution in [0.3, 0.4) is 0 Å². The van der Waals surface area contributed by atoms with E-state index in [-0.39, 0.29) is 23.7 Å². The summed E-state index contributed by atoms with van der Waals surface area (Å²) in [7, 11) is 6.19. The number of aromatic nitrogens is 2. The Balaban J connectivity index is 2.09. The van der Waals surface area contributed by atoms with Crippen LogP contribution in [0.2, 0.25) is 0 Å². The van der Waals surface area contributed by atoms with Gasteiger partial charge in [-0.2, -0.15) is 0 Å². The molecule has 134 valence electrons. The van der Waals surface area contributed by atoms with Gasteiger partial charge in [-0.1, -0.05) is 0 Å². The molecule has 0 saturated heterocycles. The number of hydrogen-bond donors (Lipinski definition) is 1. The van der Waals surface area contributed by atoms with Crippen molar-refractivity contribution in [3.05, 3.63) is 40.4 Å². The van der Waals surface area contributed by atoms with Gasteiger partial charge in [0.05, 0.1) is 21.3 Å². The number of ether oxygens (including phenoxy) is 3. The minimum atomic E-state index is -0.358. The second kappa shape index (κ2) is 8.18. The van der Waals surface area contributed by atoms with E-state index >= 15 is 0 Å². The van der Waals surface area contributed by atoms with Crippen molar-refractivity contribution in [2.75, 3.05) is 26.6 Å². The van der Waals surface area contributed by atoms with E-state index in [1.165, 1.54) is 38.3 Å². The summed E-state index contributed by atoms with van der Waals surface area (Å²) in [6.07, 6.45) is 3.60. The van der Waals surface area contributed by atoms with Gasteiger partial charge in [0.25, 0.3) is 5.56 Å². The summed E-state index contributed by atoms with van der Waals surface area (Å²) >= 11 is 0. The molecule has 0 aliphatic heterocycles. The molecule has 1 aromatic heterocycles. The van der Waals surface area contributed by atoms with Gasteiger partial charge in [-0.3, -0.25) is 9.59 Å². The topological polar surface area (TPSA) is 91.7 Å². The molecule has 25 heavy (non-hydrogen) atoms. The summed E-state index contributed by atoms with van der Waals surface area (Å²) in [4.78, 5) is 27.8. The molecule has 0 aliphatic carbocycles. The number of nitrogens with zero attached hydrogens (tertiary/aromatic N) is 2. The Kier molecular flexibility index (Phi) is 5.99. The molecule has 1 heterocycles. The first-order valence-corrected chi connectivity index (χ1v) is 7.60. The first-order chi connectivity index (χ1) is 12.0. The van der Waals surface area contributed by atoms with E-state index in [0.29, 0.717) is 23.7 Å². The van der Waals surface area contributed by atoms with Gasteiger partial charge in [-0.15, -0.1) is 0 Å². The molecule has 0 unspecified atom stereocenters. The van der Waals surface area contributed by atoms with Gasteiger partial charge in [0.1, 0.15) is 0 Å². The van der Waals surface area contributed by atoms with Crippen molar-refractivity contribution in [2.45, 2.75) is 12.8 Å². The van der Waals surface area contributed by atoms with E-state index in [2.05, 4.69) is 10.3 Å². The number of benzene rings is 1. The molecule has 0 fully saturated rings. The lowest BCUT2D eigenvalue weighted by Gasteiger charge is -2.14. The van der Waals surface area contributed by atoms with Gasteiger partial charge < -0.3 is 24.1 Å². The predicted octanol–water partition coefficient (Wildman–Crippen LogP) is 1.38. The average molecular weight is 347 g/mol. The van der Waals surface area contributed by atoms with E-state index in [9.17, 15) is 9.59 Å². The summed E-state index contributed by atoms with van der Waals surface area (Å²) in [5.74, 6) is 1.26. The number of carbonyl (C=O) groups excluding carboxylic acids is 1. The summed E-state index contributed by atoms with van der Waals surface area (Å²) in [6, 6.07) is 3.57. The number of nitrogens with one attached hydrogen (secondary N) is 1. The monoisotopic (exact) mass is 347 g/mol. The van der Waals surface area contributed by atoms with Crippen molar-refractivity contribution in [3.8, 4) is 17.2 Å². The molecule has 0 atom stereocenters. The first kappa shape index (κ1) is 18.3. The van der Waals surface area contributed by atoms with Crippen LogP contribution in [0, 0.1) is 0 Å². The zero-order valence-electron chi connectivity index (χ0n) is 14.7. The molecule has 1 aromatic carbocycles. The third kappa shape index (κ3) is 4.28. The van der Waals surface area contributed by atoms with Gasteiger partial charge >= 0.3 is 0 Å². The van der Waals surface area contributed by atoms with Crippen LogP contribution in [-0.4, -0.2) is 36.8 Å². The normalized spacial score (nSPS) is 10.2. The van der Waals surface area contributed by atoms with Crippen molar-refractivity contribution in [3.63, 3.8) is 0 Å². The molecule has 8 heteroatoms. The second-order valence-corrected chi connectivity index (χ2v) is 5.27. The molecule has 2 rings (SSSR count). The van der Waals surface area contributed by atoms with Crippen LogP contribution in [0.25, 0.3) is 0 Å². The minimum Gasteiger partial charge on any atom is -0.493 e. The summed E-state index contributed by atoms with van der Waals surface area (Å²) < 4.78 is 17.2. The van der Waals surface area contributed by atoms with Gasteiger partial charge in [0, 0.05) is 25.9 Å². The Morgan fingerprint density at radius 3 is 2.36 bits per heavy atom. The fraction of sp³-hybridized carbons (Fsp3) is 0.353. The predicted molar refractivity (Wildman–Crippen MR) is 92.5 cm³/mol. The molecule has 2 aromatic rings. The second-order valence-electron chi connectivity index (χ2n) is 5.27. The fourth-order valence-corrected chi connectivity index (χ4v) is 2.32. The quantitative estimate of drug-likeness (QED) is 0.813. The highest BCUT2D eigenvalue weighted by Gasteiger charge is 2.14. The number of carbonyl (C=O) groups is 1. The highest BCUT2D eigenvalue weighted by Crippen LogP contribution is 2.38. The fourth-order valence-electron chi connectivity index (χ4n) is 2.32. The lowest BCUT2D eigenvalue weighted by molar-refractivity contribution is -0.116. The largest absolute Gasteiger partial charge is 0.493 e. The highest BCUT2D eigenvalue weighted by molar-refractivity contribution is 5.89. The zero-order valence-corrected chi connectivity index (χ0v) is 14.7. The van der Waals surface area contributed by atoms with Crippen molar-refractivity contribution < 1.29 is 19.0 Å². The highest BCUT2D eigenvalue weighted by atomic mass is 16.5. The lowest BCUT2D eigenvalue weighted by Crippen LogP contribution is -2.25. The van der Waals surface area contributed by atoms with Crippen molar-refractivity contribution in [1.82, 2.24) is 9.55 Å². The molecule has 8 nitrogen and oxygen atoms in total. The maximum Gasteiger partial charge on any atom is 0.293 e. The Morgan fingerprint density at radius 1 is 1.16 bits per heavy atom. The van der Waals surface area contributed by atoms with Crippen LogP contribution in [0.5, 0.6) is 17.2 Å². The Hall–Kier alpha value is -3.03.